The van der Waals surface area contributed by atoms with E-state index in [0.717, 1.165) is 25.1 Å². The maximum Gasteiger partial charge on any atom is 0.327 e. The summed E-state index contributed by atoms with van der Waals surface area (Å²) >= 11 is 1.57. The van der Waals surface area contributed by atoms with E-state index in [2.05, 4.69) is 10.3 Å². The zero-order valence-corrected chi connectivity index (χ0v) is 12.6. The molecule has 21 heavy (non-hydrogen) atoms. The first kappa shape index (κ1) is 15.7. The summed E-state index contributed by atoms with van der Waals surface area (Å²) in [4.78, 5) is 28.6. The molecule has 8 heteroatoms. The molecule has 0 radical (unpaired) electrons. The molecular formula is C13H20N4O3S. The van der Waals surface area contributed by atoms with Crippen molar-refractivity contribution in [2.24, 2.45) is 0 Å². The van der Waals surface area contributed by atoms with Crippen LogP contribution in [-0.4, -0.2) is 62.2 Å². The van der Waals surface area contributed by atoms with Crippen molar-refractivity contribution in [1.82, 2.24) is 19.8 Å². The first-order chi connectivity index (χ1) is 10.2. The summed E-state index contributed by atoms with van der Waals surface area (Å²) in [5, 5.41) is 11.9. The number of hydrogen-bond acceptors (Lipinski definition) is 4. The summed E-state index contributed by atoms with van der Waals surface area (Å²) in [6.07, 6.45) is 7.20. The minimum absolute atomic E-state index is 0.273. The van der Waals surface area contributed by atoms with Gasteiger partial charge in [-0.15, -0.1) is 0 Å². The number of carboxylic acids is 1. The van der Waals surface area contributed by atoms with E-state index in [1.165, 1.54) is 4.90 Å². The molecule has 1 aromatic rings. The molecule has 0 bridgehead atoms. The molecule has 1 fully saturated rings. The summed E-state index contributed by atoms with van der Waals surface area (Å²) < 4.78 is 1.99. The van der Waals surface area contributed by atoms with Gasteiger partial charge in [-0.2, -0.15) is 11.8 Å². The zero-order valence-electron chi connectivity index (χ0n) is 11.8. The quantitative estimate of drug-likeness (QED) is 0.761. The normalized spacial score (nSPS) is 18.5. The highest BCUT2D eigenvalue weighted by atomic mass is 32.2. The van der Waals surface area contributed by atoms with Gasteiger partial charge in [0.2, 0.25) is 0 Å². The van der Waals surface area contributed by atoms with Gasteiger partial charge in [-0.05, 0) is 12.8 Å². The number of rotatable bonds is 6. The van der Waals surface area contributed by atoms with E-state index in [-0.39, 0.29) is 6.03 Å². The van der Waals surface area contributed by atoms with Gasteiger partial charge in [0.05, 0.1) is 6.33 Å². The number of urea groups is 1. The monoisotopic (exact) mass is 312 g/mol. The van der Waals surface area contributed by atoms with Gasteiger partial charge in [-0.1, -0.05) is 0 Å². The lowest BCUT2D eigenvalue weighted by Crippen LogP contribution is -2.53. The third-order valence-electron chi connectivity index (χ3n) is 3.35. The van der Waals surface area contributed by atoms with Crippen molar-refractivity contribution >= 4 is 23.8 Å². The Balaban J connectivity index is 1.67. The average Bonchev–Trinajstić information content (AvgIpc) is 3.00. The summed E-state index contributed by atoms with van der Waals surface area (Å²) in [5.74, 6) is 0.318. The Kier molecular flexibility index (Phi) is 5.91. The minimum Gasteiger partial charge on any atom is -0.480 e. The molecule has 0 aromatic carbocycles. The van der Waals surface area contributed by atoms with E-state index >= 15 is 0 Å². The van der Waals surface area contributed by atoms with Crippen molar-refractivity contribution in [2.75, 3.05) is 24.6 Å². The number of imidazole rings is 1. The maximum absolute atomic E-state index is 12.0. The van der Waals surface area contributed by atoms with Crippen molar-refractivity contribution in [2.45, 2.75) is 25.4 Å². The molecule has 0 saturated carbocycles. The summed E-state index contributed by atoms with van der Waals surface area (Å²) in [6, 6.07) is -0.986. The van der Waals surface area contributed by atoms with Crippen LogP contribution in [0.25, 0.3) is 0 Å². The first-order valence-corrected chi connectivity index (χ1v) is 8.14. The van der Waals surface area contributed by atoms with Crippen LogP contribution in [-0.2, 0) is 11.3 Å². The van der Waals surface area contributed by atoms with Crippen molar-refractivity contribution in [3.8, 4) is 0 Å². The van der Waals surface area contributed by atoms with E-state index in [1.807, 2.05) is 10.8 Å². The molecule has 2 N–H and O–H groups in total. The lowest BCUT2D eigenvalue weighted by atomic mass is 10.3. The number of unbranched alkanes of at least 4 members (excludes halogenated alkanes) is 1. The molecule has 1 aromatic heterocycles. The predicted octanol–water partition coefficient (Wildman–Crippen LogP) is 0.875. The molecule has 0 spiro atoms. The topological polar surface area (TPSA) is 87.5 Å². The Labute approximate surface area is 127 Å². The molecule has 1 saturated heterocycles. The standard InChI is InChI=1S/C13H20N4O3S/c18-12(19)11-9-21-8-7-17(11)13(20)15-3-1-2-5-16-6-4-14-10-16/h4,6,10-11H,1-3,5,7-9H2,(H,15,20)(H,18,19). The van der Waals surface area contributed by atoms with Crippen LogP contribution in [0.15, 0.2) is 18.7 Å². The van der Waals surface area contributed by atoms with Crippen molar-refractivity contribution in [3.63, 3.8) is 0 Å². The zero-order chi connectivity index (χ0) is 15.1. The molecule has 1 aliphatic heterocycles. The van der Waals surface area contributed by atoms with Gasteiger partial charge >= 0.3 is 12.0 Å². The van der Waals surface area contributed by atoms with Gasteiger partial charge in [0, 0.05) is 43.5 Å². The average molecular weight is 312 g/mol. The van der Waals surface area contributed by atoms with Crippen LogP contribution in [0.3, 0.4) is 0 Å². The lowest BCUT2D eigenvalue weighted by Gasteiger charge is -2.32. The van der Waals surface area contributed by atoms with Crippen LogP contribution < -0.4 is 5.32 Å². The number of amides is 2. The largest absolute Gasteiger partial charge is 0.480 e. The van der Waals surface area contributed by atoms with Crippen LogP contribution in [0.1, 0.15) is 12.8 Å². The van der Waals surface area contributed by atoms with Crippen LogP contribution in [0.4, 0.5) is 4.79 Å². The van der Waals surface area contributed by atoms with Crippen molar-refractivity contribution in [1.29, 1.82) is 0 Å². The lowest BCUT2D eigenvalue weighted by molar-refractivity contribution is -0.141. The van der Waals surface area contributed by atoms with E-state index in [0.29, 0.717) is 18.8 Å². The number of aliphatic carboxylic acids is 1. The fourth-order valence-electron chi connectivity index (χ4n) is 2.19. The summed E-state index contributed by atoms with van der Waals surface area (Å²) in [5.41, 5.74) is 0. The molecule has 1 aliphatic rings. The fraction of sp³-hybridized carbons (Fsp3) is 0.615. The Hall–Kier alpha value is -1.70. The number of hydrogen-bond donors (Lipinski definition) is 2. The number of nitrogens with zero attached hydrogens (tertiary/aromatic N) is 3. The van der Waals surface area contributed by atoms with E-state index in [1.54, 1.807) is 24.3 Å². The highest BCUT2D eigenvalue weighted by Gasteiger charge is 2.32. The molecular weight excluding hydrogens is 292 g/mol. The number of aromatic nitrogens is 2. The molecule has 2 rings (SSSR count). The molecule has 2 amide bonds. The predicted molar refractivity (Wildman–Crippen MR) is 80.3 cm³/mol. The van der Waals surface area contributed by atoms with Gasteiger partial charge in [0.25, 0.3) is 0 Å². The number of aryl methyl sites for hydroxylation is 1. The van der Waals surface area contributed by atoms with E-state index in [4.69, 9.17) is 5.11 Å². The number of thioether (sulfide) groups is 1. The third-order valence-corrected chi connectivity index (χ3v) is 4.38. The van der Waals surface area contributed by atoms with Gasteiger partial charge in [-0.3, -0.25) is 0 Å². The molecule has 116 valence electrons. The second kappa shape index (κ2) is 7.92. The third kappa shape index (κ3) is 4.66. The number of carboxylic acid groups (broad SMARTS) is 1. The number of carbonyl (C=O) groups is 2. The Bertz CT molecular complexity index is 466. The molecule has 1 atom stereocenters. The van der Waals surface area contributed by atoms with Gasteiger partial charge in [-0.25, -0.2) is 14.6 Å². The molecule has 0 aliphatic carbocycles. The number of nitrogens with one attached hydrogen (secondary N) is 1. The van der Waals surface area contributed by atoms with Crippen LogP contribution in [0.2, 0.25) is 0 Å². The molecule has 7 nitrogen and oxygen atoms in total. The Morgan fingerprint density at radius 3 is 3.00 bits per heavy atom. The van der Waals surface area contributed by atoms with Crippen LogP contribution in [0.5, 0.6) is 0 Å². The minimum atomic E-state index is -0.933. The number of carbonyl (C=O) groups excluding carboxylic acids is 1. The van der Waals surface area contributed by atoms with Crippen LogP contribution in [0, 0.1) is 0 Å². The molecule has 2 heterocycles. The van der Waals surface area contributed by atoms with Gasteiger partial charge in [0.1, 0.15) is 6.04 Å². The SMILES string of the molecule is O=C(O)C1CSCCN1C(=O)NCCCCn1ccnc1. The molecule has 1 unspecified atom stereocenters. The Morgan fingerprint density at radius 1 is 1.43 bits per heavy atom. The Morgan fingerprint density at radius 2 is 2.29 bits per heavy atom. The highest BCUT2D eigenvalue weighted by molar-refractivity contribution is 7.99. The van der Waals surface area contributed by atoms with Gasteiger partial charge in [0.15, 0.2) is 0 Å². The second-order valence-corrected chi connectivity index (χ2v) is 6.01. The first-order valence-electron chi connectivity index (χ1n) is 6.99. The van der Waals surface area contributed by atoms with Crippen molar-refractivity contribution in [3.05, 3.63) is 18.7 Å². The smallest absolute Gasteiger partial charge is 0.327 e. The highest BCUT2D eigenvalue weighted by Crippen LogP contribution is 2.16. The van der Waals surface area contributed by atoms with Crippen LogP contribution >= 0.6 is 11.8 Å². The van der Waals surface area contributed by atoms with Crippen molar-refractivity contribution < 1.29 is 14.7 Å². The summed E-state index contributed by atoms with van der Waals surface area (Å²) in [7, 11) is 0. The van der Waals surface area contributed by atoms with E-state index < -0.39 is 12.0 Å². The second-order valence-electron chi connectivity index (χ2n) is 4.86. The van der Waals surface area contributed by atoms with Gasteiger partial charge < -0.3 is 19.9 Å². The van der Waals surface area contributed by atoms with E-state index in [9.17, 15) is 9.59 Å². The summed E-state index contributed by atoms with van der Waals surface area (Å²) in [6.45, 7) is 1.92. The maximum atomic E-state index is 12.0. The fourth-order valence-corrected chi connectivity index (χ4v) is 3.22.